The molecule has 0 aliphatic rings. The molecule has 0 aliphatic carbocycles. The summed E-state index contributed by atoms with van der Waals surface area (Å²) in [6.07, 6.45) is 3.04. The summed E-state index contributed by atoms with van der Waals surface area (Å²) < 4.78 is 1.26. The smallest absolute Gasteiger partial charge is 0.267 e. The Balaban J connectivity index is 1.81. The van der Waals surface area contributed by atoms with Gasteiger partial charge in [-0.3, -0.25) is 4.79 Å². The summed E-state index contributed by atoms with van der Waals surface area (Å²) >= 11 is 9.02. The zero-order chi connectivity index (χ0) is 16.5. The number of rotatable bonds is 3. The Hall–Kier alpha value is -2.28. The monoisotopic (exact) mass is 371 g/mol. The van der Waals surface area contributed by atoms with E-state index in [4.69, 9.17) is 11.6 Å². The maximum atomic E-state index is 12.8. The Morgan fingerprint density at radius 3 is 2.92 bits per heavy atom. The molecule has 0 amide bonds. The molecule has 3 heterocycles. The summed E-state index contributed by atoms with van der Waals surface area (Å²) in [5.74, 6) is 0. The number of hydrogen-bond donors (Lipinski definition) is 0. The topological polar surface area (TPSA) is 47.2 Å². The second-order valence-electron chi connectivity index (χ2n) is 5.00. The van der Waals surface area contributed by atoms with Crippen LogP contribution in [0, 0.1) is 0 Å². The van der Waals surface area contributed by atoms with Crippen LogP contribution >= 0.6 is 34.3 Å². The van der Waals surface area contributed by atoms with Gasteiger partial charge in [0.1, 0.15) is 11.2 Å². The maximum Gasteiger partial charge on any atom is 0.283 e. The third kappa shape index (κ3) is 2.80. The predicted octanol–water partition coefficient (Wildman–Crippen LogP) is 4.72. The van der Waals surface area contributed by atoms with Crippen LogP contribution in [0.4, 0.5) is 0 Å². The van der Waals surface area contributed by atoms with Crippen LogP contribution in [0.3, 0.4) is 0 Å². The summed E-state index contributed by atoms with van der Waals surface area (Å²) in [6.45, 7) is 0. The van der Waals surface area contributed by atoms with E-state index in [0.717, 1.165) is 20.8 Å². The molecule has 4 nitrogen and oxygen atoms in total. The van der Waals surface area contributed by atoms with Crippen molar-refractivity contribution in [3.63, 3.8) is 0 Å². The van der Waals surface area contributed by atoms with Crippen LogP contribution in [0.25, 0.3) is 20.7 Å². The van der Waals surface area contributed by atoms with Crippen LogP contribution < -0.4 is 5.56 Å². The first-order chi connectivity index (χ1) is 11.7. The first-order valence-corrected chi connectivity index (χ1v) is 9.19. The van der Waals surface area contributed by atoms with Crippen molar-refractivity contribution in [2.45, 2.75) is 0 Å². The highest BCUT2D eigenvalue weighted by Crippen LogP contribution is 2.33. The molecule has 0 unspecified atom stereocenters. The van der Waals surface area contributed by atoms with Crippen molar-refractivity contribution in [2.75, 3.05) is 0 Å². The van der Waals surface area contributed by atoms with Gasteiger partial charge in [-0.2, -0.15) is 9.78 Å². The van der Waals surface area contributed by atoms with Gasteiger partial charge in [-0.25, -0.2) is 4.98 Å². The average molecular weight is 372 g/mol. The zero-order valence-electron chi connectivity index (χ0n) is 12.2. The van der Waals surface area contributed by atoms with Gasteiger partial charge in [0.15, 0.2) is 0 Å². The molecule has 0 atom stereocenters. The van der Waals surface area contributed by atoms with E-state index in [9.17, 15) is 4.79 Å². The molecular formula is C17H10ClN3OS2. The van der Waals surface area contributed by atoms with Crippen LogP contribution in [0.2, 0.25) is 5.02 Å². The lowest BCUT2D eigenvalue weighted by Gasteiger charge is -2.00. The zero-order valence-corrected chi connectivity index (χ0v) is 14.6. The van der Waals surface area contributed by atoms with Gasteiger partial charge in [0, 0.05) is 20.8 Å². The molecule has 118 valence electrons. The molecule has 0 radical (unpaired) electrons. The van der Waals surface area contributed by atoms with Crippen molar-refractivity contribution in [3.05, 3.63) is 74.4 Å². The first-order valence-electron chi connectivity index (χ1n) is 7.05. The summed E-state index contributed by atoms with van der Waals surface area (Å²) in [7, 11) is 0. The quantitative estimate of drug-likeness (QED) is 0.489. The van der Waals surface area contributed by atoms with Gasteiger partial charge < -0.3 is 0 Å². The number of nitrogens with zero attached hydrogens (tertiary/aromatic N) is 3. The van der Waals surface area contributed by atoms with Crippen molar-refractivity contribution < 1.29 is 0 Å². The van der Waals surface area contributed by atoms with Gasteiger partial charge in [-0.15, -0.1) is 22.7 Å². The molecule has 1 aromatic carbocycles. The van der Waals surface area contributed by atoms with Crippen LogP contribution in [-0.4, -0.2) is 15.9 Å². The highest BCUT2D eigenvalue weighted by atomic mass is 35.5. The molecular weight excluding hydrogens is 362 g/mol. The Morgan fingerprint density at radius 1 is 1.21 bits per heavy atom. The Kier molecular flexibility index (Phi) is 4.02. The molecule has 0 bridgehead atoms. The van der Waals surface area contributed by atoms with Gasteiger partial charge in [-0.05, 0) is 29.1 Å². The second-order valence-corrected chi connectivity index (χ2v) is 7.24. The largest absolute Gasteiger partial charge is 0.283 e. The van der Waals surface area contributed by atoms with E-state index >= 15 is 0 Å². The lowest BCUT2D eigenvalue weighted by molar-refractivity contribution is 0.819. The fourth-order valence-electron chi connectivity index (χ4n) is 2.33. The standard InChI is InChI=1S/C17H10ClN3OS2/c18-12-4-1-3-11(7-12)8-20-21-10-19-16-15(17(21)22)13(9-24-16)14-5-2-6-23-14/h1-10H/b20-8-. The van der Waals surface area contributed by atoms with Crippen molar-refractivity contribution in [3.8, 4) is 10.4 Å². The maximum absolute atomic E-state index is 12.8. The van der Waals surface area contributed by atoms with Gasteiger partial charge in [0.2, 0.25) is 0 Å². The molecule has 24 heavy (non-hydrogen) atoms. The van der Waals surface area contributed by atoms with Gasteiger partial charge in [0.05, 0.1) is 11.6 Å². The number of halogens is 1. The van der Waals surface area contributed by atoms with Crippen molar-refractivity contribution >= 4 is 50.7 Å². The van der Waals surface area contributed by atoms with Crippen molar-refractivity contribution in [2.24, 2.45) is 5.10 Å². The van der Waals surface area contributed by atoms with E-state index < -0.39 is 0 Å². The van der Waals surface area contributed by atoms with Crippen molar-refractivity contribution in [1.29, 1.82) is 0 Å². The predicted molar refractivity (Wildman–Crippen MR) is 102 cm³/mol. The van der Waals surface area contributed by atoms with E-state index in [-0.39, 0.29) is 5.56 Å². The van der Waals surface area contributed by atoms with Gasteiger partial charge in [-0.1, -0.05) is 29.8 Å². The Bertz CT molecular complexity index is 1100. The fourth-order valence-corrected chi connectivity index (χ4v) is 4.25. The molecule has 0 aliphatic heterocycles. The highest BCUT2D eigenvalue weighted by Gasteiger charge is 2.13. The Labute approximate surface area is 150 Å². The molecule has 3 aromatic heterocycles. The number of benzene rings is 1. The van der Waals surface area contributed by atoms with E-state index in [2.05, 4.69) is 10.1 Å². The minimum absolute atomic E-state index is 0.178. The van der Waals surface area contributed by atoms with E-state index in [1.54, 1.807) is 29.7 Å². The minimum Gasteiger partial charge on any atom is -0.267 e. The lowest BCUT2D eigenvalue weighted by Crippen LogP contribution is -2.16. The summed E-state index contributed by atoms with van der Waals surface area (Å²) in [4.78, 5) is 18.9. The minimum atomic E-state index is -0.178. The fraction of sp³-hybridized carbons (Fsp3) is 0. The molecule has 4 rings (SSSR count). The second kappa shape index (κ2) is 6.32. The number of thiophene rings is 2. The van der Waals surface area contributed by atoms with E-state index in [1.807, 2.05) is 35.0 Å². The third-order valence-electron chi connectivity index (χ3n) is 3.44. The normalized spacial score (nSPS) is 11.5. The van der Waals surface area contributed by atoms with Crippen LogP contribution in [0.15, 0.2) is 63.4 Å². The Morgan fingerprint density at radius 2 is 2.12 bits per heavy atom. The van der Waals surface area contributed by atoms with E-state index in [1.165, 1.54) is 22.3 Å². The number of aromatic nitrogens is 2. The average Bonchev–Trinajstić information content (AvgIpc) is 3.23. The van der Waals surface area contributed by atoms with Crippen LogP contribution in [0.5, 0.6) is 0 Å². The van der Waals surface area contributed by atoms with Crippen LogP contribution in [0.1, 0.15) is 5.56 Å². The molecule has 0 saturated carbocycles. The summed E-state index contributed by atoms with van der Waals surface area (Å²) in [5, 5.41) is 9.42. The molecule has 0 spiro atoms. The van der Waals surface area contributed by atoms with Gasteiger partial charge >= 0.3 is 0 Å². The first kappa shape index (κ1) is 15.3. The number of fused-ring (bicyclic) bond motifs is 1. The van der Waals surface area contributed by atoms with Crippen molar-refractivity contribution in [1.82, 2.24) is 9.66 Å². The molecule has 0 fully saturated rings. The summed E-state index contributed by atoms with van der Waals surface area (Å²) in [5.41, 5.74) is 1.55. The molecule has 0 N–H and O–H groups in total. The summed E-state index contributed by atoms with van der Waals surface area (Å²) in [6, 6.07) is 11.2. The molecule has 4 aromatic rings. The van der Waals surface area contributed by atoms with Crippen LogP contribution in [-0.2, 0) is 0 Å². The molecule has 0 saturated heterocycles. The van der Waals surface area contributed by atoms with Gasteiger partial charge in [0.25, 0.3) is 5.56 Å². The van der Waals surface area contributed by atoms with E-state index in [0.29, 0.717) is 10.4 Å². The number of hydrogen-bond acceptors (Lipinski definition) is 5. The molecule has 7 heteroatoms. The SMILES string of the molecule is O=c1c2c(-c3cccs3)csc2ncn1/N=C\c1cccc(Cl)c1. The highest BCUT2D eigenvalue weighted by molar-refractivity contribution is 7.18. The lowest BCUT2D eigenvalue weighted by atomic mass is 10.2. The third-order valence-corrected chi connectivity index (χ3v) is 5.47.